The summed E-state index contributed by atoms with van der Waals surface area (Å²) in [6.45, 7) is 1.89. The summed E-state index contributed by atoms with van der Waals surface area (Å²) in [5.41, 5.74) is 1.60. The van der Waals surface area contributed by atoms with Crippen molar-refractivity contribution in [1.82, 2.24) is 4.98 Å². The number of carboxylic acids is 1. The van der Waals surface area contributed by atoms with Crippen molar-refractivity contribution in [3.8, 4) is 0 Å². The van der Waals surface area contributed by atoms with Gasteiger partial charge in [0.05, 0.1) is 5.69 Å². The van der Waals surface area contributed by atoms with E-state index in [2.05, 4.69) is 10.3 Å². The zero-order valence-corrected chi connectivity index (χ0v) is 11.0. The van der Waals surface area contributed by atoms with Gasteiger partial charge in [-0.15, -0.1) is 0 Å². The fraction of sp³-hybridized carbons (Fsp3) is 0.267. The first-order valence-corrected chi connectivity index (χ1v) is 6.50. The SMILES string of the molecule is Cc1ccc2c(C(=O)O)nccc2c1NC(=O)C1CC1. The lowest BCUT2D eigenvalue weighted by Crippen LogP contribution is -2.14. The Morgan fingerprint density at radius 2 is 2.00 bits per heavy atom. The average molecular weight is 270 g/mol. The second-order valence-corrected chi connectivity index (χ2v) is 5.08. The maximum absolute atomic E-state index is 11.9. The smallest absolute Gasteiger partial charge is 0.355 e. The first-order chi connectivity index (χ1) is 9.58. The van der Waals surface area contributed by atoms with Crippen molar-refractivity contribution in [2.45, 2.75) is 19.8 Å². The van der Waals surface area contributed by atoms with E-state index >= 15 is 0 Å². The van der Waals surface area contributed by atoms with E-state index in [1.807, 2.05) is 6.92 Å². The minimum Gasteiger partial charge on any atom is -0.476 e. The van der Waals surface area contributed by atoms with Gasteiger partial charge in [-0.05, 0) is 31.4 Å². The number of benzene rings is 1. The maximum Gasteiger partial charge on any atom is 0.355 e. The number of carbonyl (C=O) groups excluding carboxylic acids is 1. The maximum atomic E-state index is 11.9. The van der Waals surface area contributed by atoms with Gasteiger partial charge >= 0.3 is 5.97 Å². The molecule has 1 aliphatic rings. The standard InChI is InChI=1S/C15H14N2O3/c1-8-2-5-10-11(6-7-16-13(10)15(19)20)12(8)17-14(18)9-3-4-9/h2,5-7,9H,3-4H2,1H3,(H,17,18)(H,19,20). The number of nitrogens with zero attached hydrogens (tertiary/aromatic N) is 1. The molecule has 0 saturated heterocycles. The molecule has 2 aromatic rings. The zero-order valence-electron chi connectivity index (χ0n) is 11.0. The molecule has 1 aliphatic carbocycles. The van der Waals surface area contributed by atoms with Crippen LogP contribution in [0.15, 0.2) is 24.4 Å². The molecule has 1 saturated carbocycles. The van der Waals surface area contributed by atoms with Crippen molar-refractivity contribution in [2.24, 2.45) is 5.92 Å². The molecule has 0 radical (unpaired) electrons. The number of nitrogens with one attached hydrogen (secondary N) is 1. The highest BCUT2D eigenvalue weighted by molar-refractivity contribution is 6.09. The molecule has 1 aromatic heterocycles. The molecule has 0 unspecified atom stereocenters. The van der Waals surface area contributed by atoms with E-state index in [9.17, 15) is 14.7 Å². The number of hydrogen-bond donors (Lipinski definition) is 2. The number of aromatic nitrogens is 1. The third-order valence-electron chi connectivity index (χ3n) is 3.55. The van der Waals surface area contributed by atoms with Crippen LogP contribution in [0.4, 0.5) is 5.69 Å². The highest BCUT2D eigenvalue weighted by Gasteiger charge is 2.30. The summed E-state index contributed by atoms with van der Waals surface area (Å²) in [4.78, 5) is 27.0. The van der Waals surface area contributed by atoms with Gasteiger partial charge < -0.3 is 10.4 Å². The van der Waals surface area contributed by atoms with Crippen LogP contribution in [0, 0.1) is 12.8 Å². The molecular formula is C15H14N2O3. The third-order valence-corrected chi connectivity index (χ3v) is 3.55. The Hall–Kier alpha value is -2.43. The Morgan fingerprint density at radius 3 is 2.65 bits per heavy atom. The second-order valence-electron chi connectivity index (χ2n) is 5.08. The number of aryl methyl sites for hydroxylation is 1. The van der Waals surface area contributed by atoms with Crippen LogP contribution in [0.25, 0.3) is 10.8 Å². The number of carboxylic acid groups (broad SMARTS) is 1. The van der Waals surface area contributed by atoms with E-state index < -0.39 is 5.97 Å². The van der Waals surface area contributed by atoms with Gasteiger partial charge in [0.25, 0.3) is 0 Å². The average Bonchev–Trinajstić information content (AvgIpc) is 3.25. The number of pyridine rings is 1. The summed E-state index contributed by atoms with van der Waals surface area (Å²) in [7, 11) is 0. The number of carbonyl (C=O) groups is 2. The van der Waals surface area contributed by atoms with E-state index in [4.69, 9.17) is 0 Å². The third kappa shape index (κ3) is 2.11. The van der Waals surface area contributed by atoms with Gasteiger partial charge in [-0.3, -0.25) is 4.79 Å². The fourth-order valence-electron chi connectivity index (χ4n) is 2.27. The summed E-state index contributed by atoms with van der Waals surface area (Å²) >= 11 is 0. The van der Waals surface area contributed by atoms with Crippen LogP contribution in [0.1, 0.15) is 28.9 Å². The Kier molecular flexibility index (Phi) is 2.89. The molecule has 1 heterocycles. The molecule has 1 fully saturated rings. The summed E-state index contributed by atoms with van der Waals surface area (Å²) in [6, 6.07) is 5.27. The van der Waals surface area contributed by atoms with Crippen LogP contribution in [0.2, 0.25) is 0 Å². The number of hydrogen-bond acceptors (Lipinski definition) is 3. The summed E-state index contributed by atoms with van der Waals surface area (Å²) in [6.07, 6.45) is 3.31. The number of rotatable bonds is 3. The molecule has 20 heavy (non-hydrogen) atoms. The van der Waals surface area contributed by atoms with Gasteiger partial charge in [-0.2, -0.15) is 0 Å². The van der Waals surface area contributed by atoms with Crippen molar-refractivity contribution in [3.05, 3.63) is 35.7 Å². The number of fused-ring (bicyclic) bond motifs is 1. The van der Waals surface area contributed by atoms with Crippen LogP contribution >= 0.6 is 0 Å². The molecule has 1 aromatic carbocycles. The first kappa shape index (κ1) is 12.6. The minimum atomic E-state index is -1.07. The van der Waals surface area contributed by atoms with Crippen molar-refractivity contribution in [3.63, 3.8) is 0 Å². The predicted octanol–water partition coefficient (Wildman–Crippen LogP) is 2.59. The molecule has 2 N–H and O–H groups in total. The molecular weight excluding hydrogens is 256 g/mol. The Labute approximate surface area is 115 Å². The Balaban J connectivity index is 2.14. The molecule has 0 aliphatic heterocycles. The lowest BCUT2D eigenvalue weighted by molar-refractivity contribution is -0.117. The number of aromatic carboxylic acids is 1. The van der Waals surface area contributed by atoms with Gasteiger partial charge in [0.15, 0.2) is 5.69 Å². The normalized spacial score (nSPS) is 14.2. The Morgan fingerprint density at radius 1 is 1.25 bits per heavy atom. The zero-order chi connectivity index (χ0) is 14.3. The summed E-state index contributed by atoms with van der Waals surface area (Å²) < 4.78 is 0. The van der Waals surface area contributed by atoms with Crippen LogP contribution in [-0.2, 0) is 4.79 Å². The highest BCUT2D eigenvalue weighted by Crippen LogP contribution is 2.33. The van der Waals surface area contributed by atoms with Crippen LogP contribution in [-0.4, -0.2) is 22.0 Å². The van der Waals surface area contributed by atoms with Crippen LogP contribution in [0.5, 0.6) is 0 Å². The van der Waals surface area contributed by atoms with Gasteiger partial charge in [-0.1, -0.05) is 12.1 Å². The lowest BCUT2D eigenvalue weighted by Gasteiger charge is -2.12. The first-order valence-electron chi connectivity index (χ1n) is 6.50. The topological polar surface area (TPSA) is 79.3 Å². The van der Waals surface area contributed by atoms with Crippen molar-refractivity contribution in [1.29, 1.82) is 0 Å². The van der Waals surface area contributed by atoms with Crippen LogP contribution < -0.4 is 5.32 Å². The summed E-state index contributed by atoms with van der Waals surface area (Å²) in [5, 5.41) is 13.3. The largest absolute Gasteiger partial charge is 0.476 e. The molecule has 5 heteroatoms. The molecule has 0 bridgehead atoms. The molecule has 1 amide bonds. The fourth-order valence-corrected chi connectivity index (χ4v) is 2.27. The lowest BCUT2D eigenvalue weighted by atomic mass is 10.0. The molecule has 3 rings (SSSR count). The van der Waals surface area contributed by atoms with E-state index in [0.717, 1.165) is 18.4 Å². The molecule has 0 atom stereocenters. The van der Waals surface area contributed by atoms with Gasteiger partial charge in [0.2, 0.25) is 5.91 Å². The highest BCUT2D eigenvalue weighted by atomic mass is 16.4. The van der Waals surface area contributed by atoms with E-state index in [-0.39, 0.29) is 17.5 Å². The predicted molar refractivity (Wildman–Crippen MR) is 74.8 cm³/mol. The number of amides is 1. The van der Waals surface area contributed by atoms with Crippen molar-refractivity contribution >= 4 is 28.3 Å². The minimum absolute atomic E-state index is 0.00409. The second kappa shape index (κ2) is 4.59. The molecule has 5 nitrogen and oxygen atoms in total. The summed E-state index contributed by atoms with van der Waals surface area (Å²) in [5.74, 6) is -0.960. The van der Waals surface area contributed by atoms with Crippen molar-refractivity contribution in [2.75, 3.05) is 5.32 Å². The van der Waals surface area contributed by atoms with E-state index in [0.29, 0.717) is 16.5 Å². The van der Waals surface area contributed by atoms with Crippen molar-refractivity contribution < 1.29 is 14.7 Å². The van der Waals surface area contributed by atoms with Gasteiger partial charge in [0, 0.05) is 22.9 Å². The Bertz CT molecular complexity index is 720. The van der Waals surface area contributed by atoms with E-state index in [1.54, 1.807) is 18.2 Å². The molecule has 0 spiro atoms. The monoisotopic (exact) mass is 270 g/mol. The molecule has 102 valence electrons. The van der Waals surface area contributed by atoms with Crippen LogP contribution in [0.3, 0.4) is 0 Å². The van der Waals surface area contributed by atoms with E-state index in [1.165, 1.54) is 6.20 Å². The van der Waals surface area contributed by atoms with Gasteiger partial charge in [-0.25, -0.2) is 9.78 Å². The van der Waals surface area contributed by atoms with Gasteiger partial charge in [0.1, 0.15) is 0 Å². The quantitative estimate of drug-likeness (QED) is 0.898. The number of anilines is 1.